The number of rotatable bonds is 6. The molecule has 2 heterocycles. The average Bonchev–Trinajstić information content (AvgIpc) is 3.52. The predicted molar refractivity (Wildman–Crippen MR) is 106 cm³/mol. The Kier molecular flexibility index (Phi) is 5.02. The van der Waals surface area contributed by atoms with Gasteiger partial charge in [-0.3, -0.25) is 0 Å². The highest BCUT2D eigenvalue weighted by Gasteiger charge is 2.28. The number of nitrogens with zero attached hydrogens (tertiary/aromatic N) is 3. The van der Waals surface area contributed by atoms with E-state index in [1.54, 1.807) is 6.92 Å². The van der Waals surface area contributed by atoms with Crippen molar-refractivity contribution in [3.8, 4) is 0 Å². The average molecular weight is 368 g/mol. The highest BCUT2D eigenvalue weighted by molar-refractivity contribution is 5.50. The summed E-state index contributed by atoms with van der Waals surface area (Å²) >= 11 is 0. The van der Waals surface area contributed by atoms with Crippen LogP contribution in [0.3, 0.4) is 0 Å². The Labute approximate surface area is 160 Å². The van der Waals surface area contributed by atoms with Gasteiger partial charge in [-0.2, -0.15) is 4.98 Å². The summed E-state index contributed by atoms with van der Waals surface area (Å²) in [6.07, 6.45) is 2.89. The molecule has 1 aliphatic carbocycles. The van der Waals surface area contributed by atoms with Crippen LogP contribution >= 0.6 is 0 Å². The van der Waals surface area contributed by atoms with Crippen LogP contribution in [-0.4, -0.2) is 39.4 Å². The molecule has 144 valence electrons. The van der Waals surface area contributed by atoms with Crippen molar-refractivity contribution >= 4 is 11.8 Å². The lowest BCUT2D eigenvalue weighted by molar-refractivity contribution is 0.199. The first-order valence-electron chi connectivity index (χ1n) is 9.84. The zero-order valence-corrected chi connectivity index (χ0v) is 16.0. The summed E-state index contributed by atoms with van der Waals surface area (Å²) in [6, 6.07) is 8.32. The van der Waals surface area contributed by atoms with Gasteiger partial charge in [0.05, 0.1) is 18.4 Å². The number of nitrogens with one attached hydrogen (secondary N) is 1. The summed E-state index contributed by atoms with van der Waals surface area (Å²) in [6.45, 7) is 5.48. The normalized spacial score (nSPS) is 18.7. The van der Waals surface area contributed by atoms with Gasteiger partial charge in [0, 0.05) is 31.1 Å². The van der Waals surface area contributed by atoms with Crippen molar-refractivity contribution in [2.45, 2.75) is 57.7 Å². The largest absolute Gasteiger partial charge is 0.394 e. The number of benzene rings is 1. The van der Waals surface area contributed by atoms with Crippen molar-refractivity contribution in [2.24, 2.45) is 0 Å². The molecule has 6 heteroatoms. The predicted octanol–water partition coefficient (Wildman–Crippen LogP) is 2.76. The number of hydrogen-bond donors (Lipinski definition) is 3. The first-order chi connectivity index (χ1) is 13.0. The first kappa shape index (κ1) is 18.2. The molecule has 0 spiro atoms. The zero-order chi connectivity index (χ0) is 19.0. The lowest BCUT2D eigenvalue weighted by Crippen LogP contribution is -2.32. The van der Waals surface area contributed by atoms with Crippen LogP contribution < -0.4 is 10.2 Å². The van der Waals surface area contributed by atoms with E-state index in [4.69, 9.17) is 4.98 Å². The van der Waals surface area contributed by atoms with Crippen molar-refractivity contribution in [1.82, 2.24) is 9.97 Å². The monoisotopic (exact) mass is 368 g/mol. The Balaban J connectivity index is 1.59. The second-order valence-corrected chi connectivity index (χ2v) is 7.85. The van der Waals surface area contributed by atoms with Crippen molar-refractivity contribution in [2.75, 3.05) is 23.4 Å². The zero-order valence-electron chi connectivity index (χ0n) is 16.0. The second-order valence-electron chi connectivity index (χ2n) is 7.85. The summed E-state index contributed by atoms with van der Waals surface area (Å²) < 4.78 is 0. The molecule has 0 saturated heterocycles. The molecule has 0 unspecified atom stereocenters. The lowest BCUT2D eigenvalue weighted by atomic mass is 9.96. The molecule has 0 radical (unpaired) electrons. The van der Waals surface area contributed by atoms with Crippen LogP contribution in [0.5, 0.6) is 0 Å². The fourth-order valence-electron chi connectivity index (χ4n) is 3.56. The smallest absolute Gasteiger partial charge is 0.225 e. The van der Waals surface area contributed by atoms with E-state index in [1.165, 1.54) is 24.0 Å². The first-order valence-corrected chi connectivity index (χ1v) is 9.84. The molecule has 2 aromatic rings. The minimum absolute atomic E-state index is 0.0506. The molecule has 0 bridgehead atoms. The summed E-state index contributed by atoms with van der Waals surface area (Å²) in [5.74, 6) is 2.10. The maximum absolute atomic E-state index is 9.81. The van der Waals surface area contributed by atoms with E-state index in [9.17, 15) is 10.2 Å². The fourth-order valence-corrected chi connectivity index (χ4v) is 3.56. The van der Waals surface area contributed by atoms with Gasteiger partial charge in [0.2, 0.25) is 5.95 Å². The van der Waals surface area contributed by atoms with Gasteiger partial charge < -0.3 is 20.4 Å². The summed E-state index contributed by atoms with van der Waals surface area (Å²) in [5, 5.41) is 22.4. The van der Waals surface area contributed by atoms with Crippen LogP contribution in [-0.2, 0) is 13.0 Å². The summed E-state index contributed by atoms with van der Waals surface area (Å²) in [7, 11) is 0. The Morgan fingerprint density at radius 3 is 2.70 bits per heavy atom. The van der Waals surface area contributed by atoms with E-state index in [0.717, 1.165) is 36.6 Å². The highest BCUT2D eigenvalue weighted by atomic mass is 16.3. The molecule has 1 aromatic carbocycles. The van der Waals surface area contributed by atoms with Crippen LogP contribution in [0.2, 0.25) is 0 Å². The van der Waals surface area contributed by atoms with Crippen molar-refractivity contribution in [1.29, 1.82) is 0 Å². The number of fused-ring (bicyclic) bond motifs is 1. The van der Waals surface area contributed by atoms with E-state index in [0.29, 0.717) is 11.9 Å². The number of aliphatic hydroxyl groups is 2. The molecule has 2 aliphatic rings. The molecule has 1 aromatic heterocycles. The maximum Gasteiger partial charge on any atom is 0.225 e. The van der Waals surface area contributed by atoms with E-state index in [1.807, 2.05) is 13.0 Å². The van der Waals surface area contributed by atoms with Crippen molar-refractivity contribution in [3.63, 3.8) is 0 Å². The van der Waals surface area contributed by atoms with Gasteiger partial charge in [-0.1, -0.05) is 18.2 Å². The quantitative estimate of drug-likeness (QED) is 0.727. The third-order valence-corrected chi connectivity index (χ3v) is 5.43. The van der Waals surface area contributed by atoms with Gasteiger partial charge >= 0.3 is 0 Å². The molecule has 1 saturated carbocycles. The molecule has 3 N–H and O–H groups in total. The molecule has 0 amide bonds. The summed E-state index contributed by atoms with van der Waals surface area (Å²) in [4.78, 5) is 11.7. The number of aliphatic hydroxyl groups excluding tert-OH is 2. The minimum Gasteiger partial charge on any atom is -0.394 e. The topological polar surface area (TPSA) is 81.5 Å². The van der Waals surface area contributed by atoms with Gasteiger partial charge in [-0.25, -0.2) is 4.98 Å². The maximum atomic E-state index is 9.81. The lowest BCUT2D eigenvalue weighted by Gasteiger charge is -2.31. The Hall–Kier alpha value is -2.18. The minimum atomic E-state index is -0.432. The Bertz CT molecular complexity index is 820. The Morgan fingerprint density at radius 1 is 1.19 bits per heavy atom. The fraction of sp³-hybridized carbons (Fsp3) is 0.524. The van der Waals surface area contributed by atoms with E-state index in [-0.39, 0.29) is 12.6 Å². The third kappa shape index (κ3) is 4.06. The highest BCUT2D eigenvalue weighted by Crippen LogP contribution is 2.40. The van der Waals surface area contributed by atoms with E-state index < -0.39 is 6.10 Å². The van der Waals surface area contributed by atoms with Crippen LogP contribution in [0.25, 0.3) is 0 Å². The number of hydrogen-bond acceptors (Lipinski definition) is 6. The van der Waals surface area contributed by atoms with E-state index >= 15 is 0 Å². The molecule has 27 heavy (non-hydrogen) atoms. The van der Waals surface area contributed by atoms with Gasteiger partial charge in [0.25, 0.3) is 0 Å². The SMILES string of the molecule is C[C@H](O)c1ccc2c(c1)CCN(c1cc(C3CC3)nc(N[C@@H](C)CO)n1)C2. The standard InChI is InChI=1S/C21H28N4O2/c1-13(12-26)22-21-23-19(15-3-4-15)10-20(24-21)25-8-7-17-9-16(14(2)27)5-6-18(17)11-25/h5-6,9-10,13-15,26-27H,3-4,7-8,11-12H2,1-2H3,(H,22,23,24)/t13-,14-/m0/s1. The Morgan fingerprint density at radius 2 is 2.00 bits per heavy atom. The van der Waals surface area contributed by atoms with Crippen LogP contribution in [0.1, 0.15) is 61.1 Å². The molecular formula is C21H28N4O2. The van der Waals surface area contributed by atoms with Gasteiger partial charge in [0.1, 0.15) is 5.82 Å². The van der Waals surface area contributed by atoms with Crippen LogP contribution in [0.4, 0.5) is 11.8 Å². The number of anilines is 2. The van der Waals surface area contributed by atoms with Gasteiger partial charge in [-0.15, -0.1) is 0 Å². The van der Waals surface area contributed by atoms with Crippen molar-refractivity contribution < 1.29 is 10.2 Å². The molecule has 2 atom stereocenters. The van der Waals surface area contributed by atoms with E-state index in [2.05, 4.69) is 33.4 Å². The second kappa shape index (κ2) is 7.44. The molecule has 1 fully saturated rings. The molecule has 6 nitrogen and oxygen atoms in total. The van der Waals surface area contributed by atoms with Crippen LogP contribution in [0.15, 0.2) is 24.3 Å². The molecular weight excluding hydrogens is 340 g/mol. The van der Waals surface area contributed by atoms with Gasteiger partial charge in [0.15, 0.2) is 0 Å². The molecule has 4 rings (SSSR count). The van der Waals surface area contributed by atoms with Gasteiger partial charge in [-0.05, 0) is 49.8 Å². The summed E-state index contributed by atoms with van der Waals surface area (Å²) in [5.41, 5.74) is 4.68. The van der Waals surface area contributed by atoms with Crippen LogP contribution in [0, 0.1) is 0 Å². The third-order valence-electron chi connectivity index (χ3n) is 5.43. The number of aromatic nitrogens is 2. The molecule has 1 aliphatic heterocycles. The van der Waals surface area contributed by atoms with Crippen molar-refractivity contribution in [3.05, 3.63) is 46.6 Å².